The maximum absolute atomic E-state index is 13.0. The predicted octanol–water partition coefficient (Wildman–Crippen LogP) is 5.42. The van der Waals surface area contributed by atoms with Gasteiger partial charge in [-0.25, -0.2) is 19.9 Å². The quantitative estimate of drug-likeness (QED) is 0.256. The number of alkyl halides is 5. The molecule has 14 heteroatoms. The Labute approximate surface area is 218 Å². The van der Waals surface area contributed by atoms with Gasteiger partial charge in [0.15, 0.2) is 11.5 Å². The highest BCUT2D eigenvalue weighted by molar-refractivity contribution is 5.66. The van der Waals surface area contributed by atoms with Gasteiger partial charge < -0.3 is 18.8 Å². The second-order valence-electron chi connectivity index (χ2n) is 8.70. The molecule has 204 valence electrons. The van der Waals surface area contributed by atoms with Crippen molar-refractivity contribution in [3.63, 3.8) is 0 Å². The average Bonchev–Trinajstić information content (AvgIpc) is 3.68. The normalized spacial score (nSPS) is 13.5. The Morgan fingerprint density at radius 2 is 1.77 bits per heavy atom. The summed E-state index contributed by atoms with van der Waals surface area (Å²) < 4.78 is 82.0. The third kappa shape index (κ3) is 5.73. The fourth-order valence-corrected chi connectivity index (χ4v) is 3.94. The topological polar surface area (TPSA) is 97.1 Å². The molecule has 0 saturated heterocycles. The van der Waals surface area contributed by atoms with Gasteiger partial charge in [0, 0.05) is 24.7 Å². The highest BCUT2D eigenvalue weighted by Crippen LogP contribution is 2.45. The van der Waals surface area contributed by atoms with E-state index in [0.717, 1.165) is 25.2 Å². The summed E-state index contributed by atoms with van der Waals surface area (Å²) in [6.07, 6.45) is 0.651. The Morgan fingerprint density at radius 1 is 1.03 bits per heavy atom. The molecule has 0 bridgehead atoms. The van der Waals surface area contributed by atoms with Gasteiger partial charge in [0.05, 0.1) is 19.0 Å². The van der Waals surface area contributed by atoms with Crippen LogP contribution in [0.15, 0.2) is 43.0 Å². The lowest BCUT2D eigenvalue weighted by Crippen LogP contribution is -2.08. The SMILES string of the molecule is COc1ncnc(C2CC2)c1-c1ncc(OC(F)F)c(OCc2ccc(-c3nc(C(F)(F)F)cn3C)cc2)n1. The highest BCUT2D eigenvalue weighted by atomic mass is 19.4. The molecular weight excluding hydrogens is 527 g/mol. The van der Waals surface area contributed by atoms with Gasteiger partial charge in [-0.05, 0) is 18.4 Å². The van der Waals surface area contributed by atoms with E-state index >= 15 is 0 Å². The zero-order valence-electron chi connectivity index (χ0n) is 20.6. The van der Waals surface area contributed by atoms with Crippen LogP contribution in [-0.2, 0) is 19.8 Å². The molecule has 1 fully saturated rings. The average molecular weight is 548 g/mol. The standard InChI is InChI=1S/C25H21F5N6O3/c1-36-10-17(25(28,29)30)34-21(36)15-5-3-13(4-6-15)11-38-22-16(39-24(26)27)9-31-20(35-22)18-19(14-7-8-14)32-12-33-23(18)37-2/h3-6,9-10,12,14,24H,7-8,11H2,1-2H3. The lowest BCUT2D eigenvalue weighted by atomic mass is 10.1. The van der Waals surface area contributed by atoms with Gasteiger partial charge in [-0.3, -0.25) is 0 Å². The monoisotopic (exact) mass is 548 g/mol. The smallest absolute Gasteiger partial charge is 0.434 e. The minimum atomic E-state index is -4.56. The van der Waals surface area contributed by atoms with Crippen molar-refractivity contribution in [3.8, 4) is 40.3 Å². The first-order chi connectivity index (χ1) is 18.6. The summed E-state index contributed by atoms with van der Waals surface area (Å²) in [6, 6.07) is 6.40. The van der Waals surface area contributed by atoms with Crippen LogP contribution in [0, 0.1) is 0 Å². The molecule has 5 rings (SSSR count). The van der Waals surface area contributed by atoms with Crippen LogP contribution in [0.4, 0.5) is 22.0 Å². The summed E-state index contributed by atoms with van der Waals surface area (Å²) >= 11 is 0. The first-order valence-electron chi connectivity index (χ1n) is 11.7. The van der Waals surface area contributed by atoms with Crippen molar-refractivity contribution in [1.29, 1.82) is 0 Å². The Kier molecular flexibility index (Phi) is 7.02. The van der Waals surface area contributed by atoms with E-state index < -0.39 is 18.5 Å². The zero-order chi connectivity index (χ0) is 27.7. The van der Waals surface area contributed by atoms with Crippen LogP contribution in [-0.4, -0.2) is 43.2 Å². The summed E-state index contributed by atoms with van der Waals surface area (Å²) in [5.74, 6) is 0.0629. The van der Waals surface area contributed by atoms with Gasteiger partial charge >= 0.3 is 12.8 Å². The van der Waals surface area contributed by atoms with E-state index in [-0.39, 0.29) is 41.7 Å². The second kappa shape index (κ2) is 10.4. The third-order valence-electron chi connectivity index (χ3n) is 5.92. The lowest BCUT2D eigenvalue weighted by molar-refractivity contribution is -0.140. The Hall–Kier alpha value is -4.36. The van der Waals surface area contributed by atoms with Crippen LogP contribution in [0.1, 0.15) is 35.7 Å². The third-order valence-corrected chi connectivity index (χ3v) is 5.92. The van der Waals surface area contributed by atoms with Crippen LogP contribution >= 0.6 is 0 Å². The van der Waals surface area contributed by atoms with Crippen LogP contribution in [0.5, 0.6) is 17.5 Å². The first-order valence-corrected chi connectivity index (χ1v) is 11.7. The number of rotatable bonds is 9. The number of ether oxygens (including phenoxy) is 3. The minimum Gasteiger partial charge on any atom is -0.480 e. The number of imidazole rings is 1. The molecular formula is C25H21F5N6O3. The molecule has 9 nitrogen and oxygen atoms in total. The number of methoxy groups -OCH3 is 1. The van der Waals surface area contributed by atoms with Crippen molar-refractivity contribution < 1.29 is 36.2 Å². The van der Waals surface area contributed by atoms with Crippen molar-refractivity contribution in [2.24, 2.45) is 7.05 Å². The number of hydrogen-bond acceptors (Lipinski definition) is 8. The minimum absolute atomic E-state index is 0.109. The molecule has 39 heavy (non-hydrogen) atoms. The summed E-state index contributed by atoms with van der Waals surface area (Å²) in [6.45, 7) is -3.25. The van der Waals surface area contributed by atoms with Gasteiger partial charge in [0.2, 0.25) is 11.6 Å². The van der Waals surface area contributed by atoms with Crippen LogP contribution in [0.3, 0.4) is 0 Å². The Morgan fingerprint density at radius 3 is 2.38 bits per heavy atom. The molecule has 1 aromatic carbocycles. The first kappa shape index (κ1) is 26.3. The van der Waals surface area contributed by atoms with Crippen molar-refractivity contribution in [2.45, 2.75) is 38.2 Å². The Bertz CT molecular complexity index is 1470. The summed E-state index contributed by atoms with van der Waals surface area (Å²) in [5, 5.41) is 0. The highest BCUT2D eigenvalue weighted by Gasteiger charge is 2.35. The molecule has 0 spiro atoms. The van der Waals surface area contributed by atoms with Gasteiger partial charge in [-0.1, -0.05) is 24.3 Å². The van der Waals surface area contributed by atoms with Crippen LogP contribution in [0.25, 0.3) is 22.8 Å². The summed E-state index contributed by atoms with van der Waals surface area (Å²) in [7, 11) is 2.90. The molecule has 0 unspecified atom stereocenters. The van der Waals surface area contributed by atoms with Crippen LogP contribution in [0.2, 0.25) is 0 Å². The second-order valence-corrected chi connectivity index (χ2v) is 8.70. The molecule has 4 aromatic rings. The largest absolute Gasteiger partial charge is 0.480 e. The van der Waals surface area contributed by atoms with E-state index in [4.69, 9.17) is 9.47 Å². The van der Waals surface area contributed by atoms with E-state index in [1.807, 2.05) is 0 Å². The zero-order valence-corrected chi connectivity index (χ0v) is 20.6. The maximum atomic E-state index is 13.0. The van der Waals surface area contributed by atoms with E-state index in [2.05, 4.69) is 29.7 Å². The molecule has 1 aliphatic carbocycles. The fraction of sp³-hybridized carbons (Fsp3) is 0.320. The molecule has 0 amide bonds. The van der Waals surface area contributed by atoms with Crippen molar-refractivity contribution in [2.75, 3.05) is 7.11 Å². The number of aromatic nitrogens is 6. The van der Waals surface area contributed by atoms with Gasteiger partial charge in [0.25, 0.3) is 5.88 Å². The molecule has 3 aromatic heterocycles. The molecule has 0 atom stereocenters. The molecule has 1 aliphatic rings. The molecule has 1 saturated carbocycles. The molecule has 0 radical (unpaired) electrons. The number of halogens is 5. The molecule has 0 N–H and O–H groups in total. The lowest BCUT2D eigenvalue weighted by Gasteiger charge is -2.14. The predicted molar refractivity (Wildman–Crippen MR) is 126 cm³/mol. The number of aryl methyl sites for hydroxylation is 1. The van der Waals surface area contributed by atoms with Gasteiger partial charge in [-0.15, -0.1) is 0 Å². The molecule has 0 aliphatic heterocycles. The van der Waals surface area contributed by atoms with Gasteiger partial charge in [-0.2, -0.15) is 26.9 Å². The number of hydrogen-bond donors (Lipinski definition) is 0. The van der Waals surface area contributed by atoms with Crippen molar-refractivity contribution in [3.05, 3.63) is 59.9 Å². The fourth-order valence-electron chi connectivity index (χ4n) is 3.94. The van der Waals surface area contributed by atoms with E-state index in [0.29, 0.717) is 22.4 Å². The Balaban J connectivity index is 1.41. The van der Waals surface area contributed by atoms with E-state index in [1.54, 1.807) is 24.3 Å². The van der Waals surface area contributed by atoms with E-state index in [1.165, 1.54) is 25.1 Å². The van der Waals surface area contributed by atoms with Gasteiger partial charge in [0.1, 0.15) is 24.3 Å². The summed E-state index contributed by atoms with van der Waals surface area (Å²) in [5.41, 5.74) is 1.17. The summed E-state index contributed by atoms with van der Waals surface area (Å²) in [4.78, 5) is 20.6. The van der Waals surface area contributed by atoms with Crippen LogP contribution < -0.4 is 14.2 Å². The van der Waals surface area contributed by atoms with Crippen molar-refractivity contribution >= 4 is 0 Å². The number of nitrogens with zero attached hydrogens (tertiary/aromatic N) is 6. The van der Waals surface area contributed by atoms with Crippen molar-refractivity contribution in [1.82, 2.24) is 29.5 Å². The molecule has 3 heterocycles. The van der Waals surface area contributed by atoms with E-state index in [9.17, 15) is 22.0 Å². The number of benzene rings is 1. The maximum Gasteiger partial charge on any atom is 0.434 e.